The Kier molecular flexibility index (Phi) is 10.1. The molecule has 21 heavy (non-hydrogen) atoms. The highest BCUT2D eigenvalue weighted by atomic mass is 16.1. The second kappa shape index (κ2) is 12.2. The van der Waals surface area contributed by atoms with Crippen LogP contribution in [0.5, 0.6) is 0 Å². The number of primary amides is 1. The number of carbonyl (C=O) groups excluding carboxylic acids is 1. The fourth-order valence-electron chi connectivity index (χ4n) is 2.41. The molecule has 1 rings (SSSR count). The number of amides is 1. The first kappa shape index (κ1) is 17.5. The molecule has 0 atom stereocenters. The van der Waals surface area contributed by atoms with Gasteiger partial charge in [-0.3, -0.25) is 4.79 Å². The molecule has 0 spiro atoms. The van der Waals surface area contributed by atoms with Crippen LogP contribution in [0.15, 0.2) is 36.4 Å². The summed E-state index contributed by atoms with van der Waals surface area (Å²) in [5, 5.41) is 0. The van der Waals surface area contributed by atoms with Crippen molar-refractivity contribution in [1.29, 1.82) is 0 Å². The maximum absolute atomic E-state index is 10.6. The third kappa shape index (κ3) is 10.8. The number of nitrogens with two attached hydrogens (primary N) is 1. The molecular formula is C19H29NO. The Morgan fingerprint density at radius 1 is 0.857 bits per heavy atom. The summed E-state index contributed by atoms with van der Waals surface area (Å²) in [6, 6.07) is 10.5. The Morgan fingerprint density at radius 2 is 1.43 bits per heavy atom. The van der Waals surface area contributed by atoms with Gasteiger partial charge in [-0.2, -0.15) is 0 Å². The number of unbranched alkanes of at least 4 members (excludes halogenated alkanes) is 8. The molecule has 0 unspecified atom stereocenters. The van der Waals surface area contributed by atoms with Crippen LogP contribution < -0.4 is 5.73 Å². The molecular weight excluding hydrogens is 258 g/mol. The van der Waals surface area contributed by atoms with E-state index in [1.165, 1.54) is 50.5 Å². The number of allylic oxidation sites excluding steroid dienone is 1. The topological polar surface area (TPSA) is 43.1 Å². The monoisotopic (exact) mass is 287 g/mol. The summed E-state index contributed by atoms with van der Waals surface area (Å²) < 4.78 is 0. The predicted molar refractivity (Wildman–Crippen MR) is 90.8 cm³/mol. The molecule has 2 heteroatoms. The summed E-state index contributed by atoms with van der Waals surface area (Å²) >= 11 is 0. The van der Waals surface area contributed by atoms with Gasteiger partial charge in [0.25, 0.3) is 0 Å². The third-order valence-corrected chi connectivity index (χ3v) is 3.65. The number of benzene rings is 1. The molecule has 0 bridgehead atoms. The zero-order chi connectivity index (χ0) is 15.2. The van der Waals surface area contributed by atoms with Gasteiger partial charge >= 0.3 is 0 Å². The first-order valence-corrected chi connectivity index (χ1v) is 8.29. The molecule has 0 fully saturated rings. The fraction of sp³-hybridized carbons (Fsp3) is 0.526. The van der Waals surface area contributed by atoms with E-state index in [0.717, 1.165) is 12.8 Å². The first-order chi connectivity index (χ1) is 10.3. The van der Waals surface area contributed by atoms with E-state index in [1.54, 1.807) is 0 Å². The van der Waals surface area contributed by atoms with Gasteiger partial charge in [0, 0.05) is 6.42 Å². The minimum absolute atomic E-state index is 0.168. The lowest BCUT2D eigenvalue weighted by Crippen LogP contribution is -2.09. The number of hydrogen-bond acceptors (Lipinski definition) is 1. The lowest BCUT2D eigenvalue weighted by Gasteiger charge is -2.01. The standard InChI is InChI=1S/C19H29NO/c20-19(21)17-13-8-6-4-2-1-3-5-7-10-14-18-15-11-9-12-16-18/h9-12,14-16H,1-8,13,17H2,(H2,20,21). The summed E-state index contributed by atoms with van der Waals surface area (Å²) in [6.45, 7) is 0. The zero-order valence-electron chi connectivity index (χ0n) is 13.1. The van der Waals surface area contributed by atoms with Crippen molar-refractivity contribution in [3.8, 4) is 0 Å². The van der Waals surface area contributed by atoms with Crippen LogP contribution in [0.3, 0.4) is 0 Å². The highest BCUT2D eigenvalue weighted by Crippen LogP contribution is 2.11. The third-order valence-electron chi connectivity index (χ3n) is 3.65. The van der Waals surface area contributed by atoms with Crippen LogP contribution in [-0.2, 0) is 4.79 Å². The Balaban J connectivity index is 1.85. The van der Waals surface area contributed by atoms with Crippen molar-refractivity contribution in [3.63, 3.8) is 0 Å². The first-order valence-electron chi connectivity index (χ1n) is 8.29. The van der Waals surface area contributed by atoms with Gasteiger partial charge in [-0.05, 0) is 24.8 Å². The predicted octanol–water partition coefficient (Wildman–Crippen LogP) is 5.09. The fourth-order valence-corrected chi connectivity index (χ4v) is 2.41. The minimum atomic E-state index is -0.168. The lowest BCUT2D eigenvalue weighted by atomic mass is 10.1. The second-order valence-corrected chi connectivity index (χ2v) is 5.65. The molecule has 116 valence electrons. The number of hydrogen-bond donors (Lipinski definition) is 1. The normalized spacial score (nSPS) is 11.0. The molecule has 1 aromatic carbocycles. The van der Waals surface area contributed by atoms with Gasteiger partial charge in [0.1, 0.15) is 0 Å². The highest BCUT2D eigenvalue weighted by Gasteiger charge is 1.95. The van der Waals surface area contributed by atoms with Crippen LogP contribution in [0.4, 0.5) is 0 Å². The molecule has 0 radical (unpaired) electrons. The quantitative estimate of drug-likeness (QED) is 0.535. The van der Waals surface area contributed by atoms with E-state index in [1.807, 2.05) is 6.07 Å². The van der Waals surface area contributed by atoms with E-state index < -0.39 is 0 Å². The highest BCUT2D eigenvalue weighted by molar-refractivity contribution is 5.73. The van der Waals surface area contributed by atoms with Crippen LogP contribution >= 0.6 is 0 Å². The van der Waals surface area contributed by atoms with Gasteiger partial charge in [-0.1, -0.05) is 81.0 Å². The van der Waals surface area contributed by atoms with E-state index in [4.69, 9.17) is 5.73 Å². The van der Waals surface area contributed by atoms with Crippen molar-refractivity contribution < 1.29 is 4.79 Å². The maximum Gasteiger partial charge on any atom is 0.217 e. The van der Waals surface area contributed by atoms with Gasteiger partial charge in [0.2, 0.25) is 5.91 Å². The summed E-state index contributed by atoms with van der Waals surface area (Å²) in [7, 11) is 0. The van der Waals surface area contributed by atoms with E-state index in [9.17, 15) is 4.79 Å². The van der Waals surface area contributed by atoms with E-state index in [-0.39, 0.29) is 5.91 Å². The van der Waals surface area contributed by atoms with Gasteiger partial charge in [-0.25, -0.2) is 0 Å². The smallest absolute Gasteiger partial charge is 0.217 e. The number of rotatable bonds is 12. The van der Waals surface area contributed by atoms with Gasteiger partial charge in [0.05, 0.1) is 0 Å². The summed E-state index contributed by atoms with van der Waals surface area (Å²) in [5.41, 5.74) is 6.39. The van der Waals surface area contributed by atoms with Crippen molar-refractivity contribution in [2.45, 2.75) is 64.2 Å². The summed E-state index contributed by atoms with van der Waals surface area (Å²) in [6.07, 6.45) is 16.1. The van der Waals surface area contributed by atoms with Gasteiger partial charge < -0.3 is 5.73 Å². The van der Waals surface area contributed by atoms with Gasteiger partial charge in [0.15, 0.2) is 0 Å². The Hall–Kier alpha value is -1.57. The lowest BCUT2D eigenvalue weighted by molar-refractivity contribution is -0.118. The molecule has 0 aliphatic rings. The molecule has 1 amide bonds. The average Bonchev–Trinajstić information content (AvgIpc) is 2.49. The van der Waals surface area contributed by atoms with Crippen LogP contribution in [-0.4, -0.2) is 5.91 Å². The van der Waals surface area contributed by atoms with Crippen LogP contribution in [0, 0.1) is 0 Å². The summed E-state index contributed by atoms with van der Waals surface area (Å²) in [5.74, 6) is -0.168. The molecule has 0 aliphatic heterocycles. The molecule has 0 saturated carbocycles. The van der Waals surface area contributed by atoms with E-state index in [0.29, 0.717) is 6.42 Å². The molecule has 0 heterocycles. The molecule has 0 saturated heterocycles. The van der Waals surface area contributed by atoms with Crippen LogP contribution in [0.2, 0.25) is 0 Å². The van der Waals surface area contributed by atoms with Crippen molar-refractivity contribution in [2.75, 3.05) is 0 Å². The largest absolute Gasteiger partial charge is 0.370 e. The van der Waals surface area contributed by atoms with Crippen molar-refractivity contribution >= 4 is 12.0 Å². The molecule has 0 aliphatic carbocycles. The molecule has 2 N–H and O–H groups in total. The zero-order valence-corrected chi connectivity index (χ0v) is 13.1. The Labute approximate surface area is 129 Å². The van der Waals surface area contributed by atoms with E-state index in [2.05, 4.69) is 36.4 Å². The average molecular weight is 287 g/mol. The molecule has 2 nitrogen and oxygen atoms in total. The van der Waals surface area contributed by atoms with Crippen LogP contribution in [0.25, 0.3) is 6.08 Å². The SMILES string of the molecule is NC(=O)CCCCCCCCCCC=Cc1ccccc1. The summed E-state index contributed by atoms with van der Waals surface area (Å²) in [4.78, 5) is 10.6. The Morgan fingerprint density at radius 3 is 2.05 bits per heavy atom. The Bertz CT molecular complexity index is 397. The molecule has 1 aromatic rings. The van der Waals surface area contributed by atoms with Crippen molar-refractivity contribution in [2.24, 2.45) is 5.73 Å². The number of carbonyl (C=O) groups is 1. The maximum atomic E-state index is 10.6. The molecule has 0 aromatic heterocycles. The van der Waals surface area contributed by atoms with Gasteiger partial charge in [-0.15, -0.1) is 0 Å². The minimum Gasteiger partial charge on any atom is -0.370 e. The van der Waals surface area contributed by atoms with Crippen molar-refractivity contribution in [3.05, 3.63) is 42.0 Å². The second-order valence-electron chi connectivity index (χ2n) is 5.65. The van der Waals surface area contributed by atoms with Crippen molar-refractivity contribution in [1.82, 2.24) is 0 Å². The van der Waals surface area contributed by atoms with Crippen LogP contribution in [0.1, 0.15) is 69.8 Å². The van der Waals surface area contributed by atoms with E-state index >= 15 is 0 Å².